The first-order valence-corrected chi connectivity index (χ1v) is 9.97. The van der Waals surface area contributed by atoms with Gasteiger partial charge in [-0.1, -0.05) is 24.3 Å². The van der Waals surface area contributed by atoms with Crippen LogP contribution in [0.2, 0.25) is 0 Å². The molecule has 0 radical (unpaired) electrons. The zero-order valence-electron chi connectivity index (χ0n) is 19.0. The number of nitrogens with zero attached hydrogens (tertiary/aromatic N) is 2. The normalized spacial score (nSPS) is 12.1. The number of para-hydroxylation sites is 2. The van der Waals surface area contributed by atoms with Gasteiger partial charge in [0, 0.05) is 11.1 Å². The maximum Gasteiger partial charge on any atom is 0.130 e. The number of aryl methyl sites for hydroxylation is 2. The highest BCUT2D eigenvalue weighted by Gasteiger charge is 2.26. The molecule has 0 N–H and O–H groups in total. The van der Waals surface area contributed by atoms with Crippen molar-refractivity contribution in [2.24, 2.45) is 0 Å². The Morgan fingerprint density at radius 3 is 1.32 bits per heavy atom. The molecule has 0 spiro atoms. The predicted molar refractivity (Wildman–Crippen MR) is 117 cm³/mol. The van der Waals surface area contributed by atoms with Crippen LogP contribution >= 0.6 is 0 Å². The lowest BCUT2D eigenvalue weighted by Crippen LogP contribution is -2.50. The molecule has 0 aliphatic carbocycles. The van der Waals surface area contributed by atoms with Crippen molar-refractivity contribution in [3.63, 3.8) is 0 Å². The Hall–Kier alpha value is -2.04. The molecule has 0 bridgehead atoms. The van der Waals surface area contributed by atoms with E-state index in [4.69, 9.17) is 9.47 Å². The van der Waals surface area contributed by atoms with Gasteiger partial charge in [-0.25, -0.2) is 0 Å². The minimum Gasteiger partial charge on any atom is -0.496 e. The van der Waals surface area contributed by atoms with Crippen LogP contribution in [-0.4, -0.2) is 64.5 Å². The van der Waals surface area contributed by atoms with Crippen LogP contribution in [0.3, 0.4) is 0 Å². The number of rotatable bonds is 9. The van der Waals surface area contributed by atoms with Gasteiger partial charge in [0.1, 0.15) is 37.7 Å². The Bertz CT molecular complexity index is 730. The van der Waals surface area contributed by atoms with Gasteiger partial charge in [0.2, 0.25) is 0 Å². The minimum absolute atomic E-state index is 0.923. The molecule has 0 saturated carbocycles. The Balaban J connectivity index is 2.07. The van der Waals surface area contributed by atoms with E-state index >= 15 is 0 Å². The molecular formula is C24H38N2O2+2. The van der Waals surface area contributed by atoms with Crippen LogP contribution in [0.5, 0.6) is 11.5 Å². The van der Waals surface area contributed by atoms with Gasteiger partial charge in [0.25, 0.3) is 0 Å². The van der Waals surface area contributed by atoms with E-state index in [1.165, 1.54) is 22.3 Å². The molecule has 28 heavy (non-hydrogen) atoms. The van der Waals surface area contributed by atoms with Crippen LogP contribution in [0.25, 0.3) is 0 Å². The molecule has 0 unspecified atom stereocenters. The second-order valence-corrected chi connectivity index (χ2v) is 9.17. The second kappa shape index (κ2) is 8.97. The van der Waals surface area contributed by atoms with Gasteiger partial charge < -0.3 is 18.4 Å². The van der Waals surface area contributed by atoms with E-state index in [1.54, 1.807) is 14.2 Å². The first kappa shape index (κ1) is 22.3. The van der Waals surface area contributed by atoms with E-state index in [9.17, 15) is 0 Å². The maximum absolute atomic E-state index is 5.66. The molecule has 2 aromatic rings. The predicted octanol–water partition coefficient (Wildman–Crippen LogP) is 4.17. The third-order valence-corrected chi connectivity index (χ3v) is 5.50. The largest absolute Gasteiger partial charge is 0.496 e. The molecule has 0 atom stereocenters. The lowest BCUT2D eigenvalue weighted by atomic mass is 10.1. The summed E-state index contributed by atoms with van der Waals surface area (Å²) in [6, 6.07) is 12.8. The standard InChI is InChI=1S/C24H38N2O2/c1-19-11-9-13-21(23(19)27-7)17-25(3,4)15-16-26(5,6)18-22-14-10-12-20(2)24(22)28-8/h9-14H,15-18H2,1-8H3/q+2. The molecular weight excluding hydrogens is 348 g/mol. The maximum atomic E-state index is 5.66. The Labute approximate surface area is 171 Å². The summed E-state index contributed by atoms with van der Waals surface area (Å²) in [6.07, 6.45) is 0. The number of quaternary nitrogens is 2. The summed E-state index contributed by atoms with van der Waals surface area (Å²) in [5.74, 6) is 2.04. The summed E-state index contributed by atoms with van der Waals surface area (Å²) in [5.41, 5.74) is 4.95. The molecule has 0 saturated heterocycles. The summed E-state index contributed by atoms with van der Waals surface area (Å²) >= 11 is 0. The fourth-order valence-corrected chi connectivity index (χ4v) is 3.88. The number of hydrogen-bond donors (Lipinski definition) is 0. The third kappa shape index (κ3) is 5.73. The fraction of sp³-hybridized carbons (Fsp3) is 0.500. The Morgan fingerprint density at radius 2 is 1.00 bits per heavy atom. The van der Waals surface area contributed by atoms with Crippen LogP contribution in [0, 0.1) is 13.8 Å². The van der Waals surface area contributed by atoms with Gasteiger partial charge in [-0.3, -0.25) is 0 Å². The third-order valence-electron chi connectivity index (χ3n) is 5.50. The van der Waals surface area contributed by atoms with Crippen molar-refractivity contribution in [2.45, 2.75) is 26.9 Å². The molecule has 2 aromatic carbocycles. The summed E-state index contributed by atoms with van der Waals surface area (Å²) in [6.45, 7) is 8.29. The number of hydrogen-bond acceptors (Lipinski definition) is 2. The number of methoxy groups -OCH3 is 2. The molecule has 0 heterocycles. The van der Waals surface area contributed by atoms with Gasteiger partial charge in [-0.05, 0) is 37.1 Å². The lowest BCUT2D eigenvalue weighted by Gasteiger charge is -2.36. The second-order valence-electron chi connectivity index (χ2n) is 9.17. The van der Waals surface area contributed by atoms with Crippen LogP contribution in [0.1, 0.15) is 22.3 Å². The van der Waals surface area contributed by atoms with Crippen molar-refractivity contribution in [3.8, 4) is 11.5 Å². The number of likely N-dealkylation sites (N-methyl/N-ethyl adjacent to an activating group) is 2. The highest BCUT2D eigenvalue weighted by molar-refractivity contribution is 5.41. The first-order valence-electron chi connectivity index (χ1n) is 9.97. The molecule has 0 aromatic heterocycles. The highest BCUT2D eigenvalue weighted by atomic mass is 16.5. The number of ether oxygens (including phenoxy) is 2. The highest BCUT2D eigenvalue weighted by Crippen LogP contribution is 2.27. The van der Waals surface area contributed by atoms with Gasteiger partial charge in [0.15, 0.2) is 0 Å². The van der Waals surface area contributed by atoms with E-state index in [-0.39, 0.29) is 0 Å². The van der Waals surface area contributed by atoms with Crippen LogP contribution in [0.4, 0.5) is 0 Å². The van der Waals surface area contributed by atoms with Gasteiger partial charge >= 0.3 is 0 Å². The van der Waals surface area contributed by atoms with Gasteiger partial charge in [-0.2, -0.15) is 0 Å². The van der Waals surface area contributed by atoms with Crippen molar-refractivity contribution in [3.05, 3.63) is 58.7 Å². The fourth-order valence-electron chi connectivity index (χ4n) is 3.88. The van der Waals surface area contributed by atoms with Crippen molar-refractivity contribution >= 4 is 0 Å². The summed E-state index contributed by atoms with van der Waals surface area (Å²) in [5, 5.41) is 0. The van der Waals surface area contributed by atoms with E-state index < -0.39 is 0 Å². The average Bonchev–Trinajstić information content (AvgIpc) is 2.60. The Kier molecular flexibility index (Phi) is 7.13. The van der Waals surface area contributed by atoms with Crippen molar-refractivity contribution < 1.29 is 18.4 Å². The zero-order chi connectivity index (χ0) is 20.9. The SMILES string of the molecule is COc1c(C)cccc1C[N+](C)(C)CC[N+](C)(C)Cc1cccc(C)c1OC. The summed E-state index contributed by atoms with van der Waals surface area (Å²) < 4.78 is 13.2. The van der Waals surface area contributed by atoms with E-state index in [2.05, 4.69) is 78.4 Å². The molecule has 0 aliphatic rings. The van der Waals surface area contributed by atoms with E-state index in [1.807, 2.05) is 0 Å². The van der Waals surface area contributed by atoms with Crippen molar-refractivity contribution in [1.29, 1.82) is 0 Å². The van der Waals surface area contributed by atoms with E-state index in [0.29, 0.717) is 0 Å². The van der Waals surface area contributed by atoms with Crippen LogP contribution < -0.4 is 9.47 Å². The summed E-state index contributed by atoms with van der Waals surface area (Å²) in [4.78, 5) is 0. The molecule has 4 heteroatoms. The van der Waals surface area contributed by atoms with Crippen molar-refractivity contribution in [2.75, 3.05) is 55.5 Å². The zero-order valence-corrected chi connectivity index (χ0v) is 19.0. The van der Waals surface area contributed by atoms with Gasteiger partial charge in [-0.15, -0.1) is 0 Å². The summed E-state index contributed by atoms with van der Waals surface area (Å²) in [7, 11) is 12.7. The van der Waals surface area contributed by atoms with Crippen LogP contribution in [0.15, 0.2) is 36.4 Å². The number of benzene rings is 2. The topological polar surface area (TPSA) is 18.5 Å². The molecule has 154 valence electrons. The van der Waals surface area contributed by atoms with Crippen LogP contribution in [-0.2, 0) is 13.1 Å². The molecule has 0 aliphatic heterocycles. The quantitative estimate of drug-likeness (QED) is 0.602. The first-order chi connectivity index (χ1) is 13.1. The van der Waals surface area contributed by atoms with Gasteiger partial charge in [0.05, 0.1) is 42.4 Å². The molecule has 0 amide bonds. The molecule has 0 fully saturated rings. The monoisotopic (exact) mass is 386 g/mol. The Morgan fingerprint density at radius 1 is 0.643 bits per heavy atom. The van der Waals surface area contributed by atoms with Crippen molar-refractivity contribution in [1.82, 2.24) is 0 Å². The molecule has 2 rings (SSSR count). The average molecular weight is 387 g/mol. The van der Waals surface area contributed by atoms with E-state index in [0.717, 1.165) is 46.6 Å². The smallest absolute Gasteiger partial charge is 0.130 e. The minimum atomic E-state index is 0.923. The lowest BCUT2D eigenvalue weighted by molar-refractivity contribution is -0.958. The molecule has 4 nitrogen and oxygen atoms in total.